The summed E-state index contributed by atoms with van der Waals surface area (Å²) in [6, 6.07) is 0. The maximum absolute atomic E-state index is 11.4. The van der Waals surface area contributed by atoms with Crippen molar-refractivity contribution in [3.8, 4) is 10.4 Å². The van der Waals surface area contributed by atoms with E-state index in [0.717, 1.165) is 0 Å². The van der Waals surface area contributed by atoms with Crippen molar-refractivity contribution in [1.82, 2.24) is 9.97 Å². The molecule has 15 nitrogen and oxygen atoms in total. The fraction of sp³-hybridized carbons (Fsp3) is 0.389. The number of hydrogen-bond donors (Lipinski definition) is 0. The molecule has 0 atom stereocenters. The van der Waals surface area contributed by atoms with Gasteiger partial charge < -0.3 is 18.9 Å². The molecule has 35 heavy (non-hydrogen) atoms. The summed E-state index contributed by atoms with van der Waals surface area (Å²) >= 11 is 2.58. The summed E-state index contributed by atoms with van der Waals surface area (Å²) in [6.07, 6.45) is 2.04. The molecular weight excluding hydrogens is 504 g/mol. The highest BCUT2D eigenvalue weighted by atomic mass is 32.1. The largest absolute Gasteiger partial charge is 0.473 e. The van der Waals surface area contributed by atoms with Gasteiger partial charge in [-0.05, 0) is 31.0 Å². The molecule has 0 bridgehead atoms. The van der Waals surface area contributed by atoms with Crippen LogP contribution >= 0.6 is 22.7 Å². The van der Waals surface area contributed by atoms with Crippen molar-refractivity contribution >= 4 is 47.0 Å². The normalized spacial score (nSPS) is 9.43. The molecule has 17 heteroatoms. The number of esters is 2. The van der Waals surface area contributed by atoms with Crippen LogP contribution in [-0.2, 0) is 19.1 Å². The van der Waals surface area contributed by atoms with Gasteiger partial charge in [-0.25, -0.2) is 14.8 Å². The topological polar surface area (TPSA) is 211 Å². The smallest absolute Gasteiger partial charge is 0.340 e. The van der Waals surface area contributed by atoms with Crippen LogP contribution in [0.5, 0.6) is 10.4 Å². The van der Waals surface area contributed by atoms with Gasteiger partial charge in [-0.3, -0.25) is 9.59 Å². The molecule has 0 aliphatic heterocycles. The Morgan fingerprint density at radius 2 is 1.57 bits per heavy atom. The molecule has 0 radical (unpaired) electrons. The second kappa shape index (κ2) is 19.3. The van der Waals surface area contributed by atoms with Gasteiger partial charge in [0.25, 0.3) is 10.4 Å². The Morgan fingerprint density at radius 3 is 2.00 bits per heavy atom. The molecule has 2 aromatic rings. The molecule has 0 amide bonds. The number of carbonyl (C=O) groups excluding carboxylic acids is 3. The van der Waals surface area contributed by atoms with Crippen molar-refractivity contribution in [3.05, 3.63) is 48.7 Å². The molecule has 2 aromatic heterocycles. The third-order valence-corrected chi connectivity index (χ3v) is 4.60. The van der Waals surface area contributed by atoms with E-state index in [1.165, 1.54) is 43.0 Å². The third kappa shape index (κ3) is 13.9. The maximum atomic E-state index is 11.4. The Labute approximate surface area is 207 Å². The number of aldehydes is 1. The minimum Gasteiger partial charge on any atom is -0.473 e. The summed E-state index contributed by atoms with van der Waals surface area (Å²) in [6.45, 7) is 3.66. The van der Waals surface area contributed by atoms with Gasteiger partial charge in [0.1, 0.15) is 17.9 Å². The Balaban J connectivity index is 0.000000543. The van der Waals surface area contributed by atoms with Crippen LogP contribution < -0.4 is 9.47 Å². The molecule has 0 aliphatic carbocycles. The van der Waals surface area contributed by atoms with Gasteiger partial charge in [0.15, 0.2) is 6.29 Å². The van der Waals surface area contributed by atoms with E-state index in [1.807, 2.05) is 0 Å². The predicted molar refractivity (Wildman–Crippen MR) is 127 cm³/mol. The molecule has 0 aliphatic rings. The Hall–Kier alpha value is -4.17. The molecule has 2 rings (SSSR count). The highest BCUT2D eigenvalue weighted by Crippen LogP contribution is 2.20. The summed E-state index contributed by atoms with van der Waals surface area (Å²) in [5.74, 6) is -1.17. The van der Waals surface area contributed by atoms with E-state index in [9.17, 15) is 14.4 Å². The Kier molecular flexibility index (Phi) is 17.0. The predicted octanol–water partition coefficient (Wildman–Crippen LogP) is 4.19. The van der Waals surface area contributed by atoms with Crippen molar-refractivity contribution in [1.29, 1.82) is 0 Å². The monoisotopic (exact) mass is 526 g/mol. The first-order chi connectivity index (χ1) is 16.9. The van der Waals surface area contributed by atoms with E-state index < -0.39 is 11.9 Å². The summed E-state index contributed by atoms with van der Waals surface area (Å²) in [5, 5.41) is 10.6. The van der Waals surface area contributed by atoms with Crippen molar-refractivity contribution in [2.75, 3.05) is 34.0 Å². The van der Waals surface area contributed by atoms with E-state index in [4.69, 9.17) is 25.3 Å². The zero-order chi connectivity index (χ0) is 26.5. The molecule has 0 saturated heterocycles. The van der Waals surface area contributed by atoms with Gasteiger partial charge in [0, 0.05) is 20.6 Å². The van der Waals surface area contributed by atoms with Crippen LogP contribution in [0.25, 0.3) is 27.0 Å². The van der Waals surface area contributed by atoms with E-state index in [2.05, 4.69) is 34.8 Å². The molecule has 0 aromatic carbocycles. The molecular formula is C18H22N8O7S2. The number of azide groups is 2. The molecule has 188 valence electrons. The van der Waals surface area contributed by atoms with Gasteiger partial charge in [-0.2, -0.15) is 0 Å². The molecule has 2 heterocycles. The first-order valence-corrected chi connectivity index (χ1v) is 11.2. The van der Waals surface area contributed by atoms with E-state index >= 15 is 0 Å². The summed E-state index contributed by atoms with van der Waals surface area (Å²) in [5.41, 5.74) is 16.8. The first kappa shape index (κ1) is 30.8. The highest BCUT2D eigenvalue weighted by molar-refractivity contribution is 7.11. The quantitative estimate of drug-likeness (QED) is 0.108. The van der Waals surface area contributed by atoms with Gasteiger partial charge in [0.05, 0.1) is 33.1 Å². The van der Waals surface area contributed by atoms with Crippen molar-refractivity contribution in [3.63, 3.8) is 0 Å². The first-order valence-electron chi connectivity index (χ1n) is 9.43. The summed E-state index contributed by atoms with van der Waals surface area (Å²) in [4.78, 5) is 44.5. The highest BCUT2D eigenvalue weighted by Gasteiger charge is 2.10. The number of carbonyl (C=O) groups is 3. The number of nitrogens with zero attached hydrogens (tertiary/aromatic N) is 8. The molecule has 0 fully saturated rings. The van der Waals surface area contributed by atoms with Gasteiger partial charge >= 0.3 is 11.9 Å². The van der Waals surface area contributed by atoms with Crippen molar-refractivity contribution in [2.45, 2.75) is 13.8 Å². The summed E-state index contributed by atoms with van der Waals surface area (Å²) < 4.78 is 18.8. The molecule has 0 unspecified atom stereocenters. The molecule has 0 N–H and O–H groups in total. The van der Waals surface area contributed by atoms with E-state index in [-0.39, 0.29) is 18.8 Å². The standard InChI is InChI=1S/C9H10N4O3S.C5H5NO2S.C4H7N3O2/c1-3-16-8(14)7(12-13-10)4-6-5-17-9(11-6)15-2;1-8-5-6-4(2-7)3-9-5;1-2-9-4(8)3-6-7-5/h4-5H,3H2,1-2H3;2-3H,1H3;2-3H2,1H3/b7-4-;;. The number of ether oxygens (including phenoxy) is 4. The third-order valence-electron chi connectivity index (χ3n) is 2.96. The van der Waals surface area contributed by atoms with Crippen LogP contribution in [0, 0.1) is 0 Å². The minimum atomic E-state index is -0.683. The second-order valence-corrected chi connectivity index (χ2v) is 6.88. The van der Waals surface area contributed by atoms with Crippen LogP contribution in [0.3, 0.4) is 0 Å². The minimum absolute atomic E-state index is 0.137. The number of rotatable bonds is 10. The Bertz CT molecular complexity index is 1070. The maximum Gasteiger partial charge on any atom is 0.340 e. The molecule has 0 spiro atoms. The summed E-state index contributed by atoms with van der Waals surface area (Å²) in [7, 11) is 3.01. The van der Waals surface area contributed by atoms with Crippen LogP contribution in [0.1, 0.15) is 30.0 Å². The van der Waals surface area contributed by atoms with E-state index in [0.29, 0.717) is 34.7 Å². The lowest BCUT2D eigenvalue weighted by atomic mass is 10.3. The zero-order valence-electron chi connectivity index (χ0n) is 19.2. The number of methoxy groups -OCH3 is 2. The van der Waals surface area contributed by atoms with Gasteiger partial charge in [-0.15, -0.1) is 0 Å². The number of aromatic nitrogens is 2. The number of thiazole rings is 2. The fourth-order valence-corrected chi connectivity index (χ4v) is 2.84. The zero-order valence-corrected chi connectivity index (χ0v) is 20.8. The van der Waals surface area contributed by atoms with Crippen LogP contribution in [0.15, 0.2) is 26.7 Å². The van der Waals surface area contributed by atoms with Crippen molar-refractivity contribution in [2.24, 2.45) is 10.2 Å². The number of hydrogen-bond acceptors (Lipinski definition) is 13. The second-order valence-electron chi connectivity index (χ2n) is 5.24. The van der Waals surface area contributed by atoms with Crippen LogP contribution in [0.2, 0.25) is 0 Å². The average Bonchev–Trinajstić information content (AvgIpc) is 3.53. The lowest BCUT2D eigenvalue weighted by molar-refractivity contribution is -0.141. The van der Waals surface area contributed by atoms with Gasteiger partial charge in [-0.1, -0.05) is 32.9 Å². The fourth-order valence-electron chi connectivity index (χ4n) is 1.66. The lowest BCUT2D eigenvalue weighted by Crippen LogP contribution is -2.06. The van der Waals surface area contributed by atoms with Gasteiger partial charge in [0.2, 0.25) is 0 Å². The Morgan fingerprint density at radius 1 is 1.00 bits per heavy atom. The SMILES string of the molecule is CCOC(=O)/C(=C/c1csc(OC)n1)N=[N+]=[N-].CCOC(=O)CN=[N+]=[N-].COc1nc(C=O)cs1. The van der Waals surface area contributed by atoms with E-state index in [1.54, 1.807) is 24.6 Å². The van der Waals surface area contributed by atoms with Crippen molar-refractivity contribution < 1.29 is 33.3 Å². The van der Waals surface area contributed by atoms with Crippen LogP contribution in [0.4, 0.5) is 0 Å². The lowest BCUT2D eigenvalue weighted by Gasteiger charge is -1.99. The average molecular weight is 527 g/mol. The van der Waals surface area contributed by atoms with Crippen LogP contribution in [-0.4, -0.2) is 62.2 Å². The molecule has 0 saturated carbocycles.